The first kappa shape index (κ1) is 28.8. The van der Waals surface area contributed by atoms with Gasteiger partial charge in [-0.2, -0.15) is 0 Å². The second-order valence-electron chi connectivity index (χ2n) is 9.92. The Labute approximate surface area is 233 Å². The lowest BCUT2D eigenvalue weighted by Crippen LogP contribution is -2.49. The molecule has 210 valence electrons. The molecular weight excluding hydrogens is 530 g/mol. The summed E-state index contributed by atoms with van der Waals surface area (Å²) in [4.78, 5) is 38.8. The van der Waals surface area contributed by atoms with Crippen molar-refractivity contribution in [3.63, 3.8) is 0 Å². The number of H-pyrrole nitrogens is 1. The minimum atomic E-state index is -4.47. The average molecular weight is 564 g/mol. The fraction of sp³-hybridized carbons (Fsp3) is 0.310. The van der Waals surface area contributed by atoms with Crippen LogP contribution < -0.4 is 5.73 Å². The number of benzene rings is 2. The molecule has 0 saturated carbocycles. The van der Waals surface area contributed by atoms with E-state index in [1.807, 2.05) is 26.8 Å². The maximum Gasteiger partial charge on any atom is 0.330 e. The molecule has 40 heavy (non-hydrogen) atoms. The van der Waals surface area contributed by atoms with Crippen molar-refractivity contribution in [3.8, 4) is 0 Å². The van der Waals surface area contributed by atoms with E-state index in [9.17, 15) is 18.0 Å². The molecule has 4 aromatic rings. The van der Waals surface area contributed by atoms with Crippen LogP contribution in [-0.2, 0) is 26.0 Å². The maximum atomic E-state index is 14.0. The van der Waals surface area contributed by atoms with Gasteiger partial charge in [-0.3, -0.25) is 9.78 Å². The summed E-state index contributed by atoms with van der Waals surface area (Å²) in [5.41, 5.74) is 9.44. The third-order valence-corrected chi connectivity index (χ3v) is 8.15. The summed E-state index contributed by atoms with van der Waals surface area (Å²) in [6, 6.07) is 12.6. The van der Waals surface area contributed by atoms with Gasteiger partial charge >= 0.3 is 5.97 Å². The lowest BCUT2D eigenvalue weighted by Gasteiger charge is -2.30. The molecule has 0 aliphatic carbocycles. The molecule has 0 saturated heterocycles. The number of fused-ring (bicyclic) bond motifs is 1. The van der Waals surface area contributed by atoms with Gasteiger partial charge in [0.15, 0.2) is 0 Å². The van der Waals surface area contributed by atoms with Crippen molar-refractivity contribution in [2.24, 2.45) is 5.92 Å². The second-order valence-corrected chi connectivity index (χ2v) is 11.7. The molecule has 0 aliphatic heterocycles. The molecular formula is C29H33N5O5S. The highest BCUT2D eigenvalue weighted by molar-refractivity contribution is 7.89. The van der Waals surface area contributed by atoms with Gasteiger partial charge in [0.05, 0.1) is 22.7 Å². The van der Waals surface area contributed by atoms with Crippen LogP contribution in [0, 0.1) is 12.8 Å². The Hall–Kier alpha value is -4.25. The second kappa shape index (κ2) is 11.9. The van der Waals surface area contributed by atoms with Crippen LogP contribution in [0.5, 0.6) is 0 Å². The number of carbonyl (C=O) groups is 2. The number of aromatic amines is 1. The minimum absolute atomic E-state index is 0.0440. The largest absolute Gasteiger partial charge is 0.464 e. The lowest BCUT2D eigenvalue weighted by molar-refractivity contribution is -0.147. The molecule has 10 nitrogen and oxygen atoms in total. The molecule has 1 amide bonds. The molecule has 2 aromatic heterocycles. The van der Waals surface area contributed by atoms with Crippen LogP contribution in [-0.4, -0.2) is 52.2 Å². The monoisotopic (exact) mass is 563 g/mol. The van der Waals surface area contributed by atoms with Crippen molar-refractivity contribution in [1.29, 1.82) is 0 Å². The van der Waals surface area contributed by atoms with Crippen molar-refractivity contribution in [2.75, 3.05) is 12.3 Å². The Morgan fingerprint density at radius 2 is 1.73 bits per heavy atom. The van der Waals surface area contributed by atoms with Gasteiger partial charge in [-0.1, -0.05) is 26.0 Å². The molecule has 2 heterocycles. The number of hydrogen-bond donors (Lipinski definition) is 2. The minimum Gasteiger partial charge on any atom is -0.464 e. The number of sulfonamides is 1. The summed E-state index contributed by atoms with van der Waals surface area (Å²) in [5, 5.41) is 0. The van der Waals surface area contributed by atoms with Crippen molar-refractivity contribution in [3.05, 3.63) is 83.4 Å². The van der Waals surface area contributed by atoms with Gasteiger partial charge in [0, 0.05) is 23.9 Å². The van der Waals surface area contributed by atoms with E-state index in [1.54, 1.807) is 25.3 Å². The number of pyridine rings is 1. The Morgan fingerprint density at radius 1 is 1.05 bits per heavy atom. The van der Waals surface area contributed by atoms with Crippen molar-refractivity contribution in [1.82, 2.24) is 19.3 Å². The topological polar surface area (TPSA) is 148 Å². The van der Waals surface area contributed by atoms with Gasteiger partial charge < -0.3 is 15.5 Å². The van der Waals surface area contributed by atoms with Crippen LogP contribution in [0.1, 0.15) is 54.6 Å². The van der Waals surface area contributed by atoms with E-state index >= 15 is 0 Å². The fourth-order valence-corrected chi connectivity index (χ4v) is 6.01. The van der Waals surface area contributed by atoms with Crippen molar-refractivity contribution >= 4 is 38.6 Å². The SMILES string of the molecule is CCOC(=O)[C@H](CC(C)C)N(C(=O)c1ccc(N)cc1)S(=O)(=O)c1ccc(Cc2nccc3[nH]c(C)nc23)cc1. The quantitative estimate of drug-likeness (QED) is 0.215. The van der Waals surface area contributed by atoms with Gasteiger partial charge in [0.1, 0.15) is 17.4 Å². The summed E-state index contributed by atoms with van der Waals surface area (Å²) in [5.74, 6) is -0.954. The normalized spacial score (nSPS) is 12.4. The van der Waals surface area contributed by atoms with E-state index in [0.717, 1.165) is 28.1 Å². The molecule has 0 bridgehead atoms. The number of hydrogen-bond acceptors (Lipinski definition) is 8. The van der Waals surface area contributed by atoms with Gasteiger partial charge in [0.2, 0.25) is 0 Å². The highest BCUT2D eigenvalue weighted by Gasteiger charge is 2.41. The number of nitrogens with two attached hydrogens (primary N) is 1. The highest BCUT2D eigenvalue weighted by atomic mass is 32.2. The molecule has 1 atom stereocenters. The Balaban J connectivity index is 1.72. The van der Waals surface area contributed by atoms with Crippen LogP contribution in [0.2, 0.25) is 0 Å². The molecule has 0 fully saturated rings. The summed E-state index contributed by atoms with van der Waals surface area (Å²) >= 11 is 0. The number of ether oxygens (including phenoxy) is 1. The summed E-state index contributed by atoms with van der Waals surface area (Å²) in [6.45, 7) is 7.22. The Morgan fingerprint density at radius 3 is 2.35 bits per heavy atom. The predicted molar refractivity (Wildman–Crippen MR) is 152 cm³/mol. The molecule has 11 heteroatoms. The zero-order chi connectivity index (χ0) is 29.0. The van der Waals surface area contributed by atoms with Crippen molar-refractivity contribution < 1.29 is 22.7 Å². The highest BCUT2D eigenvalue weighted by Crippen LogP contribution is 2.27. The molecule has 0 unspecified atom stereocenters. The van der Waals surface area contributed by atoms with Gasteiger partial charge in [-0.15, -0.1) is 0 Å². The first-order chi connectivity index (χ1) is 19.0. The standard InChI is InChI=1S/C29H33N5O5S/c1-5-39-29(36)26(16-18(2)3)34(28(35)21-8-10-22(30)11-9-21)40(37,38)23-12-6-20(7-13-23)17-25-27-24(14-15-31-25)32-19(4)33-27/h6-15,18,26H,5,16-17,30H2,1-4H3,(H,32,33)/t26-/m0/s1. The predicted octanol–water partition coefficient (Wildman–Crippen LogP) is 4.25. The number of rotatable bonds is 10. The molecule has 4 rings (SSSR count). The zero-order valence-electron chi connectivity index (χ0n) is 22.9. The third kappa shape index (κ3) is 6.15. The lowest BCUT2D eigenvalue weighted by atomic mass is 10.0. The number of carbonyl (C=O) groups excluding carboxylic acids is 2. The number of aryl methyl sites for hydroxylation is 1. The van der Waals surface area contributed by atoms with Crippen LogP contribution in [0.4, 0.5) is 5.69 Å². The zero-order valence-corrected chi connectivity index (χ0v) is 23.7. The van der Waals surface area contributed by atoms with E-state index < -0.39 is 27.9 Å². The van der Waals surface area contributed by atoms with Crippen LogP contribution in [0.15, 0.2) is 65.7 Å². The van der Waals surface area contributed by atoms with Crippen LogP contribution >= 0.6 is 0 Å². The number of imidazole rings is 1. The Kier molecular flexibility index (Phi) is 8.53. The number of aromatic nitrogens is 3. The van der Waals surface area contributed by atoms with E-state index in [1.165, 1.54) is 36.4 Å². The van der Waals surface area contributed by atoms with E-state index in [2.05, 4.69) is 15.0 Å². The number of nitrogen functional groups attached to an aromatic ring is 1. The van der Waals surface area contributed by atoms with Gasteiger partial charge in [-0.05, 0) is 74.2 Å². The number of anilines is 1. The summed E-state index contributed by atoms with van der Waals surface area (Å²) < 4.78 is 33.9. The number of nitrogens with zero attached hydrogens (tertiary/aromatic N) is 3. The number of amides is 1. The van der Waals surface area contributed by atoms with E-state index in [-0.39, 0.29) is 29.4 Å². The molecule has 3 N–H and O–H groups in total. The third-order valence-electron chi connectivity index (χ3n) is 6.34. The van der Waals surface area contributed by atoms with Crippen LogP contribution in [0.3, 0.4) is 0 Å². The number of esters is 1. The van der Waals surface area contributed by atoms with Crippen LogP contribution in [0.25, 0.3) is 11.0 Å². The average Bonchev–Trinajstić information content (AvgIpc) is 3.30. The summed E-state index contributed by atoms with van der Waals surface area (Å²) in [7, 11) is -4.47. The van der Waals surface area contributed by atoms with E-state index in [0.29, 0.717) is 16.4 Å². The van der Waals surface area contributed by atoms with E-state index in [4.69, 9.17) is 10.5 Å². The first-order valence-corrected chi connectivity index (χ1v) is 14.4. The fourth-order valence-electron chi connectivity index (χ4n) is 4.47. The smallest absolute Gasteiger partial charge is 0.330 e. The van der Waals surface area contributed by atoms with Gasteiger partial charge in [0.25, 0.3) is 15.9 Å². The molecule has 0 radical (unpaired) electrons. The summed E-state index contributed by atoms with van der Waals surface area (Å²) in [6.07, 6.45) is 2.21. The molecule has 0 aliphatic rings. The molecule has 2 aromatic carbocycles. The maximum absolute atomic E-state index is 14.0. The van der Waals surface area contributed by atoms with Crippen molar-refractivity contribution in [2.45, 2.75) is 51.5 Å². The first-order valence-electron chi connectivity index (χ1n) is 13.0. The number of nitrogens with one attached hydrogen (secondary N) is 1. The Bertz CT molecular complexity index is 1610. The van der Waals surface area contributed by atoms with Gasteiger partial charge in [-0.25, -0.2) is 22.5 Å². The molecule has 0 spiro atoms.